The van der Waals surface area contributed by atoms with E-state index in [1.54, 1.807) is 13.8 Å². The third kappa shape index (κ3) is 8.51. The molecule has 4 nitrogen and oxygen atoms in total. The van der Waals surface area contributed by atoms with E-state index in [4.69, 9.17) is 0 Å². The summed E-state index contributed by atoms with van der Waals surface area (Å²) in [5.41, 5.74) is -3.25. The Morgan fingerprint density at radius 1 is 0.897 bits per heavy atom. The van der Waals surface area contributed by atoms with Crippen molar-refractivity contribution in [3.8, 4) is 0 Å². The number of hydrogen-bond acceptors (Lipinski definition) is 4. The Morgan fingerprint density at radius 3 is 1.90 bits per heavy atom. The number of alkyl halides is 9. The molecule has 1 saturated carbocycles. The Hall–Kier alpha value is -2.96. The molecule has 1 heterocycles. The average molecular weight is 570 g/mol. The zero-order valence-corrected chi connectivity index (χ0v) is 20.9. The van der Waals surface area contributed by atoms with E-state index >= 15 is 0 Å². The lowest BCUT2D eigenvalue weighted by molar-refractivity contribution is -0.143. The minimum Gasteiger partial charge on any atom is -0.465 e. The summed E-state index contributed by atoms with van der Waals surface area (Å²) in [4.78, 5) is 9.39. The molecule has 0 spiro atoms. The van der Waals surface area contributed by atoms with Crippen molar-refractivity contribution in [1.29, 1.82) is 0 Å². The van der Waals surface area contributed by atoms with Gasteiger partial charge in [-0.05, 0) is 86.6 Å². The standard InChI is InChI=1S/C22H19F9N2.C4H8O2/c23-20(24,25)13-3-4-17-16(8-13)19(9-18(33-17)12-1-2-12)32-10-11-5-14(21(26,27)28)7-15(6-11)22(29,30)31;1-4(2)6-3-5/h3-8,12,18-19,32-33H,1-2,9-10H2;3-4H,1-2H3. The molecule has 0 aromatic heterocycles. The summed E-state index contributed by atoms with van der Waals surface area (Å²) in [6, 6.07) is 3.80. The van der Waals surface area contributed by atoms with Gasteiger partial charge in [0.25, 0.3) is 6.47 Å². The van der Waals surface area contributed by atoms with E-state index in [0.29, 0.717) is 36.6 Å². The van der Waals surface area contributed by atoms with Gasteiger partial charge in [-0.3, -0.25) is 4.79 Å². The van der Waals surface area contributed by atoms with Gasteiger partial charge >= 0.3 is 18.5 Å². The summed E-state index contributed by atoms with van der Waals surface area (Å²) in [6.07, 6.45) is -12.3. The van der Waals surface area contributed by atoms with Crippen LogP contribution < -0.4 is 10.6 Å². The largest absolute Gasteiger partial charge is 0.465 e. The van der Waals surface area contributed by atoms with Crippen LogP contribution in [0.25, 0.3) is 0 Å². The van der Waals surface area contributed by atoms with E-state index in [-0.39, 0.29) is 35.9 Å². The van der Waals surface area contributed by atoms with Gasteiger partial charge < -0.3 is 15.4 Å². The van der Waals surface area contributed by atoms with Crippen molar-refractivity contribution in [1.82, 2.24) is 5.32 Å². The molecule has 2 aromatic rings. The van der Waals surface area contributed by atoms with Crippen molar-refractivity contribution in [3.05, 3.63) is 64.2 Å². The van der Waals surface area contributed by atoms with E-state index in [9.17, 15) is 44.3 Å². The topological polar surface area (TPSA) is 50.4 Å². The number of ether oxygens (including phenoxy) is 1. The first-order valence-corrected chi connectivity index (χ1v) is 12.1. The number of hydrogen-bond donors (Lipinski definition) is 2. The van der Waals surface area contributed by atoms with Crippen molar-refractivity contribution >= 4 is 12.2 Å². The molecule has 2 aromatic carbocycles. The summed E-state index contributed by atoms with van der Waals surface area (Å²) in [5.74, 6) is 0.329. The Balaban J connectivity index is 0.000000631. The number of anilines is 1. The Kier molecular flexibility index (Phi) is 9.13. The Labute approximate surface area is 218 Å². The Bertz CT molecular complexity index is 1110. The number of rotatable bonds is 6. The van der Waals surface area contributed by atoms with Gasteiger partial charge in [-0.15, -0.1) is 0 Å². The number of nitrogens with one attached hydrogen (secondary N) is 2. The molecule has 39 heavy (non-hydrogen) atoms. The fourth-order valence-corrected chi connectivity index (χ4v) is 4.27. The van der Waals surface area contributed by atoms with Crippen molar-refractivity contribution in [2.45, 2.75) is 76.4 Å². The normalized spacial score (nSPS) is 19.5. The maximum absolute atomic E-state index is 13.2. The predicted molar refractivity (Wildman–Crippen MR) is 125 cm³/mol. The fraction of sp³-hybridized carbons (Fsp3) is 0.500. The molecule has 0 saturated heterocycles. The first kappa shape index (κ1) is 30.6. The quantitative estimate of drug-likeness (QED) is 0.276. The molecule has 1 aliphatic carbocycles. The number of benzene rings is 2. The first-order chi connectivity index (χ1) is 18.0. The molecule has 216 valence electrons. The van der Waals surface area contributed by atoms with Crippen LogP contribution in [0.2, 0.25) is 0 Å². The molecule has 2 aliphatic rings. The van der Waals surface area contributed by atoms with E-state index in [0.717, 1.165) is 25.0 Å². The highest BCUT2D eigenvalue weighted by molar-refractivity contribution is 5.57. The molecule has 2 N–H and O–H groups in total. The number of fused-ring (bicyclic) bond motifs is 1. The molecule has 0 amide bonds. The smallest absolute Gasteiger partial charge is 0.416 e. The highest BCUT2D eigenvalue weighted by Crippen LogP contribution is 2.44. The molecule has 2 unspecified atom stereocenters. The second-order valence-electron chi connectivity index (χ2n) is 9.75. The van der Waals surface area contributed by atoms with Crippen LogP contribution in [0.15, 0.2) is 36.4 Å². The van der Waals surface area contributed by atoms with Gasteiger partial charge in [-0.25, -0.2) is 0 Å². The predicted octanol–water partition coefficient (Wildman–Crippen LogP) is 7.74. The summed E-state index contributed by atoms with van der Waals surface area (Å²) >= 11 is 0. The molecule has 0 radical (unpaired) electrons. The highest BCUT2D eigenvalue weighted by atomic mass is 19.4. The van der Waals surface area contributed by atoms with Crippen LogP contribution in [0.1, 0.15) is 67.0 Å². The zero-order chi connectivity index (χ0) is 29.2. The van der Waals surface area contributed by atoms with Crippen LogP contribution in [0.5, 0.6) is 0 Å². The van der Waals surface area contributed by atoms with Crippen LogP contribution in [-0.2, 0) is 34.6 Å². The van der Waals surface area contributed by atoms with Gasteiger partial charge in [0.1, 0.15) is 0 Å². The van der Waals surface area contributed by atoms with Crippen LogP contribution in [-0.4, -0.2) is 18.6 Å². The SMILES string of the molecule is CC(C)OC=O.FC(F)(F)c1cc(CNC2CC(C3CC3)Nc3ccc(C(F)(F)F)cc32)cc(C(F)(F)F)c1. The lowest BCUT2D eigenvalue weighted by Gasteiger charge is -2.34. The summed E-state index contributed by atoms with van der Waals surface area (Å²) in [6.45, 7) is 3.68. The van der Waals surface area contributed by atoms with Gasteiger partial charge in [-0.2, -0.15) is 39.5 Å². The van der Waals surface area contributed by atoms with Crippen LogP contribution >= 0.6 is 0 Å². The van der Waals surface area contributed by atoms with E-state index in [2.05, 4.69) is 15.4 Å². The molecule has 2 atom stereocenters. The number of carbonyl (C=O) groups is 1. The van der Waals surface area contributed by atoms with Crippen LogP contribution in [0.3, 0.4) is 0 Å². The molecule has 0 bridgehead atoms. The second kappa shape index (κ2) is 11.6. The summed E-state index contributed by atoms with van der Waals surface area (Å²) in [7, 11) is 0. The number of halogens is 9. The van der Waals surface area contributed by atoms with Crippen molar-refractivity contribution in [2.75, 3.05) is 5.32 Å². The third-order valence-corrected chi connectivity index (χ3v) is 6.30. The van der Waals surface area contributed by atoms with E-state index in [1.165, 1.54) is 6.07 Å². The van der Waals surface area contributed by atoms with Gasteiger partial charge in [0.05, 0.1) is 22.8 Å². The molecular weight excluding hydrogens is 543 g/mol. The van der Waals surface area contributed by atoms with Crippen molar-refractivity contribution in [3.63, 3.8) is 0 Å². The first-order valence-electron chi connectivity index (χ1n) is 12.1. The summed E-state index contributed by atoms with van der Waals surface area (Å²) in [5, 5.41) is 6.12. The molecule has 1 fully saturated rings. The average Bonchev–Trinajstić information content (AvgIpc) is 3.66. The van der Waals surface area contributed by atoms with Crippen LogP contribution in [0, 0.1) is 5.92 Å². The van der Waals surface area contributed by atoms with E-state index in [1.807, 2.05) is 0 Å². The summed E-state index contributed by atoms with van der Waals surface area (Å²) < 4.78 is 123. The van der Waals surface area contributed by atoms with Gasteiger partial charge in [0.15, 0.2) is 0 Å². The molecule has 13 heteroatoms. The van der Waals surface area contributed by atoms with Crippen molar-refractivity contribution in [2.24, 2.45) is 5.92 Å². The van der Waals surface area contributed by atoms with Gasteiger partial charge in [0, 0.05) is 24.3 Å². The monoisotopic (exact) mass is 570 g/mol. The Morgan fingerprint density at radius 2 is 1.46 bits per heavy atom. The minimum absolute atomic E-state index is 0.0301. The highest BCUT2D eigenvalue weighted by Gasteiger charge is 2.40. The molecule has 4 rings (SSSR count). The zero-order valence-electron chi connectivity index (χ0n) is 20.9. The lowest BCUT2D eigenvalue weighted by Crippen LogP contribution is -2.36. The minimum atomic E-state index is -4.98. The third-order valence-electron chi connectivity index (χ3n) is 6.30. The van der Waals surface area contributed by atoms with Crippen LogP contribution in [0.4, 0.5) is 45.2 Å². The van der Waals surface area contributed by atoms with E-state index < -0.39 is 41.3 Å². The van der Waals surface area contributed by atoms with Gasteiger partial charge in [0.2, 0.25) is 0 Å². The molecule has 1 aliphatic heterocycles. The fourth-order valence-electron chi connectivity index (χ4n) is 4.27. The second-order valence-corrected chi connectivity index (χ2v) is 9.75. The maximum Gasteiger partial charge on any atom is 0.416 e. The lowest BCUT2D eigenvalue weighted by atomic mass is 9.89. The van der Waals surface area contributed by atoms with Gasteiger partial charge in [-0.1, -0.05) is 0 Å². The van der Waals surface area contributed by atoms with Crippen molar-refractivity contribution < 1.29 is 49.0 Å². The maximum atomic E-state index is 13.2. The number of carbonyl (C=O) groups excluding carboxylic acids is 1. The molecular formula is C26H27F9N2O2.